The summed E-state index contributed by atoms with van der Waals surface area (Å²) in [7, 11) is 0. The van der Waals surface area contributed by atoms with Crippen LogP contribution < -0.4 is 9.80 Å². The Morgan fingerprint density at radius 1 is 0.632 bits per heavy atom. The molecular formula is C15H12N2S2. The van der Waals surface area contributed by atoms with Crippen molar-refractivity contribution < 1.29 is 0 Å². The van der Waals surface area contributed by atoms with Crippen molar-refractivity contribution in [3.63, 3.8) is 0 Å². The van der Waals surface area contributed by atoms with Crippen molar-refractivity contribution in [2.75, 3.05) is 16.5 Å². The zero-order valence-corrected chi connectivity index (χ0v) is 11.8. The molecule has 1 aliphatic heterocycles. The highest BCUT2D eigenvalue weighted by atomic mass is 32.1. The Bertz CT molecular complexity index is 555. The zero-order chi connectivity index (χ0) is 13.2. The van der Waals surface area contributed by atoms with Gasteiger partial charge in [0, 0.05) is 11.4 Å². The Morgan fingerprint density at radius 3 is 1.37 bits per heavy atom. The van der Waals surface area contributed by atoms with Crippen molar-refractivity contribution in [1.29, 1.82) is 0 Å². The summed E-state index contributed by atoms with van der Waals surface area (Å²) in [5, 5.41) is 0. The molecule has 94 valence electrons. The van der Waals surface area contributed by atoms with Gasteiger partial charge in [-0.1, -0.05) is 60.8 Å². The van der Waals surface area contributed by atoms with Crippen molar-refractivity contribution in [3.05, 3.63) is 60.7 Å². The Kier molecular flexibility index (Phi) is 3.27. The average molecular weight is 284 g/mol. The monoisotopic (exact) mass is 284 g/mol. The molecule has 0 N–H and O–H groups in total. The molecule has 2 aromatic rings. The minimum absolute atomic E-state index is 0.672. The highest BCUT2D eigenvalue weighted by molar-refractivity contribution is 7.89. The topological polar surface area (TPSA) is 6.48 Å². The maximum atomic E-state index is 5.47. The molecule has 3 rings (SSSR count). The van der Waals surface area contributed by atoms with Gasteiger partial charge in [0.15, 0.2) is 0 Å². The Labute approximate surface area is 123 Å². The van der Waals surface area contributed by atoms with E-state index in [0.717, 1.165) is 11.4 Å². The number of hydrogen-bond donors (Lipinski definition) is 0. The van der Waals surface area contributed by atoms with E-state index in [9.17, 15) is 0 Å². The number of para-hydroxylation sites is 2. The molecule has 0 amide bonds. The second-order valence-corrected chi connectivity index (χ2v) is 5.05. The van der Waals surface area contributed by atoms with Gasteiger partial charge in [-0.25, -0.2) is 0 Å². The molecule has 1 fully saturated rings. The first kappa shape index (κ1) is 12.3. The summed E-state index contributed by atoms with van der Waals surface area (Å²) < 4.78 is 0. The molecule has 1 aliphatic rings. The standard InChI is InChI=1S/C15H12N2S2/c18-14-15(19)17(13-9-5-2-6-10-13)11-16(14)12-7-3-1-4-8-12/h1-10H,11H2. The quantitative estimate of drug-likeness (QED) is 0.777. The van der Waals surface area contributed by atoms with Crippen LogP contribution in [0.2, 0.25) is 0 Å². The fraction of sp³-hybridized carbons (Fsp3) is 0.0667. The van der Waals surface area contributed by atoms with E-state index in [2.05, 4.69) is 9.80 Å². The van der Waals surface area contributed by atoms with E-state index in [1.807, 2.05) is 60.7 Å². The highest BCUT2D eigenvalue weighted by Crippen LogP contribution is 2.25. The van der Waals surface area contributed by atoms with Gasteiger partial charge < -0.3 is 9.80 Å². The van der Waals surface area contributed by atoms with Crippen molar-refractivity contribution in [3.8, 4) is 0 Å². The molecule has 4 heteroatoms. The molecule has 0 atom stereocenters. The summed E-state index contributed by atoms with van der Waals surface area (Å²) in [5.74, 6) is 0. The Morgan fingerprint density at radius 2 is 1.00 bits per heavy atom. The molecule has 1 saturated heterocycles. The van der Waals surface area contributed by atoms with Crippen molar-refractivity contribution in [1.82, 2.24) is 0 Å². The normalized spacial score (nSPS) is 15.2. The maximum Gasteiger partial charge on any atom is 0.143 e. The van der Waals surface area contributed by atoms with Crippen molar-refractivity contribution in [2.24, 2.45) is 0 Å². The van der Waals surface area contributed by atoms with Crippen LogP contribution in [-0.4, -0.2) is 16.6 Å². The van der Waals surface area contributed by atoms with Crippen LogP contribution in [0.25, 0.3) is 0 Å². The predicted octanol–water partition coefficient (Wildman–Crippen LogP) is 3.63. The minimum Gasteiger partial charge on any atom is -0.311 e. The van der Waals surface area contributed by atoms with Gasteiger partial charge in [0.05, 0.1) is 0 Å². The minimum atomic E-state index is 0.672. The summed E-state index contributed by atoms with van der Waals surface area (Å²) in [6, 6.07) is 20.2. The van der Waals surface area contributed by atoms with Gasteiger partial charge in [-0.3, -0.25) is 0 Å². The lowest BCUT2D eigenvalue weighted by atomic mass is 10.3. The highest BCUT2D eigenvalue weighted by Gasteiger charge is 2.31. The largest absolute Gasteiger partial charge is 0.311 e. The van der Waals surface area contributed by atoms with E-state index in [-0.39, 0.29) is 0 Å². The summed E-state index contributed by atoms with van der Waals surface area (Å²) in [5.41, 5.74) is 2.15. The van der Waals surface area contributed by atoms with Crippen LogP contribution in [0.5, 0.6) is 0 Å². The molecule has 0 aromatic heterocycles. The van der Waals surface area contributed by atoms with E-state index in [4.69, 9.17) is 24.4 Å². The van der Waals surface area contributed by atoms with Crippen LogP contribution in [0.1, 0.15) is 0 Å². The molecule has 1 heterocycles. The first-order valence-electron chi connectivity index (χ1n) is 6.01. The summed E-state index contributed by atoms with van der Waals surface area (Å²) in [6.45, 7) is 0.672. The number of hydrogen-bond acceptors (Lipinski definition) is 2. The van der Waals surface area contributed by atoms with E-state index in [1.165, 1.54) is 0 Å². The third-order valence-corrected chi connectivity index (χ3v) is 4.05. The number of benzene rings is 2. The molecule has 2 aromatic carbocycles. The second-order valence-electron chi connectivity index (χ2n) is 4.28. The van der Waals surface area contributed by atoms with Gasteiger partial charge in [-0.05, 0) is 24.3 Å². The molecule has 0 radical (unpaired) electrons. The number of thiocarbonyl (C=S) groups is 2. The molecule has 0 aliphatic carbocycles. The van der Waals surface area contributed by atoms with Gasteiger partial charge >= 0.3 is 0 Å². The lowest BCUT2D eigenvalue weighted by molar-refractivity contribution is 1.03. The summed E-state index contributed by atoms with van der Waals surface area (Å²) >= 11 is 10.9. The molecule has 19 heavy (non-hydrogen) atoms. The Hall–Kier alpha value is -1.78. The molecule has 0 bridgehead atoms. The summed E-state index contributed by atoms with van der Waals surface area (Å²) in [6.07, 6.45) is 0. The molecule has 0 spiro atoms. The molecular weight excluding hydrogens is 272 g/mol. The smallest absolute Gasteiger partial charge is 0.143 e. The second kappa shape index (κ2) is 5.07. The van der Waals surface area contributed by atoms with E-state index < -0.39 is 0 Å². The van der Waals surface area contributed by atoms with Crippen LogP contribution in [-0.2, 0) is 0 Å². The van der Waals surface area contributed by atoms with Gasteiger partial charge in [0.1, 0.15) is 16.6 Å². The Balaban J connectivity index is 1.92. The zero-order valence-electron chi connectivity index (χ0n) is 10.2. The van der Waals surface area contributed by atoms with Crippen LogP contribution in [0.4, 0.5) is 11.4 Å². The lowest BCUT2D eigenvalue weighted by Crippen LogP contribution is -2.26. The van der Waals surface area contributed by atoms with Gasteiger partial charge in [-0.15, -0.1) is 0 Å². The number of rotatable bonds is 2. The van der Waals surface area contributed by atoms with Crippen LogP contribution in [0.15, 0.2) is 60.7 Å². The van der Waals surface area contributed by atoms with Gasteiger partial charge in [0.25, 0.3) is 0 Å². The fourth-order valence-electron chi connectivity index (χ4n) is 2.11. The summed E-state index contributed by atoms with van der Waals surface area (Å²) in [4.78, 5) is 5.55. The molecule has 0 saturated carbocycles. The third kappa shape index (κ3) is 2.25. The van der Waals surface area contributed by atoms with Crippen LogP contribution in [0.3, 0.4) is 0 Å². The maximum absolute atomic E-state index is 5.47. The average Bonchev–Trinajstić information content (AvgIpc) is 2.77. The van der Waals surface area contributed by atoms with Gasteiger partial charge in [-0.2, -0.15) is 0 Å². The van der Waals surface area contributed by atoms with Crippen LogP contribution in [0, 0.1) is 0 Å². The first-order valence-corrected chi connectivity index (χ1v) is 6.82. The van der Waals surface area contributed by atoms with Crippen molar-refractivity contribution in [2.45, 2.75) is 0 Å². The van der Waals surface area contributed by atoms with E-state index in [0.29, 0.717) is 16.6 Å². The van der Waals surface area contributed by atoms with Crippen molar-refractivity contribution >= 4 is 45.8 Å². The fourth-order valence-corrected chi connectivity index (χ4v) is 2.66. The third-order valence-electron chi connectivity index (χ3n) is 3.09. The van der Waals surface area contributed by atoms with Gasteiger partial charge in [0.2, 0.25) is 0 Å². The first-order chi connectivity index (χ1) is 9.27. The van der Waals surface area contributed by atoms with E-state index in [1.54, 1.807) is 0 Å². The number of anilines is 2. The SMILES string of the molecule is S=C1C(=S)N(c2ccccc2)CN1c1ccccc1. The van der Waals surface area contributed by atoms with Crippen LogP contribution >= 0.6 is 24.4 Å². The lowest BCUT2D eigenvalue weighted by Gasteiger charge is -2.19. The molecule has 2 nitrogen and oxygen atoms in total. The van der Waals surface area contributed by atoms with E-state index >= 15 is 0 Å². The number of nitrogens with zero attached hydrogens (tertiary/aromatic N) is 2. The predicted molar refractivity (Wildman–Crippen MR) is 87.9 cm³/mol. The molecule has 0 unspecified atom stereocenters.